The Hall–Kier alpha value is -2.73. The minimum absolute atomic E-state index is 0.0894. The molecule has 9 nitrogen and oxygen atoms in total. The fraction of sp³-hybridized carbons (Fsp3) is 0.556. The number of ketones is 1. The van der Waals surface area contributed by atoms with E-state index in [0.29, 0.717) is 19.1 Å². The highest BCUT2D eigenvalue weighted by molar-refractivity contribution is 6.33. The summed E-state index contributed by atoms with van der Waals surface area (Å²) in [5.74, 6) is -4.16. The number of anilines is 1. The average Bonchev–Trinajstić information content (AvgIpc) is 2.67. The fourth-order valence-electron chi connectivity index (χ4n) is 2.82. The van der Waals surface area contributed by atoms with Crippen LogP contribution in [-0.2, 0) is 25.2 Å². The Morgan fingerprint density at radius 2 is 2.03 bits per heavy atom. The van der Waals surface area contributed by atoms with Gasteiger partial charge >= 0.3 is 17.8 Å². The molecule has 1 atom stereocenters. The molecular weight excluding hydrogens is 413 g/mol. The summed E-state index contributed by atoms with van der Waals surface area (Å²) in [6, 6.07) is 1.47. The first-order valence-electron chi connectivity index (χ1n) is 9.08. The lowest BCUT2D eigenvalue weighted by molar-refractivity contribution is -0.385. The highest BCUT2D eigenvalue weighted by Gasteiger charge is 2.41. The van der Waals surface area contributed by atoms with Gasteiger partial charge < -0.3 is 19.1 Å². The van der Waals surface area contributed by atoms with E-state index in [0.717, 1.165) is 25.8 Å². The molecule has 0 aliphatic carbocycles. The zero-order valence-corrected chi connectivity index (χ0v) is 16.4. The van der Waals surface area contributed by atoms with Crippen molar-refractivity contribution in [3.05, 3.63) is 27.8 Å². The van der Waals surface area contributed by atoms with Crippen LogP contribution in [0.3, 0.4) is 0 Å². The number of nitrogens with zero attached hydrogens (tertiary/aromatic N) is 2. The fourth-order valence-corrected chi connectivity index (χ4v) is 2.82. The third-order valence-corrected chi connectivity index (χ3v) is 4.36. The predicted molar refractivity (Wildman–Crippen MR) is 97.2 cm³/mol. The van der Waals surface area contributed by atoms with Gasteiger partial charge in [0, 0.05) is 27.1 Å². The Balaban J connectivity index is 2.32. The maximum atomic E-state index is 13.3. The molecule has 1 aliphatic heterocycles. The zero-order valence-electron chi connectivity index (χ0n) is 16.4. The number of esters is 1. The smallest absolute Gasteiger partial charge is 0.413 e. The molecule has 1 aromatic rings. The Labute approximate surface area is 169 Å². The van der Waals surface area contributed by atoms with E-state index in [4.69, 9.17) is 9.47 Å². The number of carbonyl (C=O) groups is 2. The van der Waals surface area contributed by atoms with Gasteiger partial charge in [-0.2, -0.15) is 13.2 Å². The standard InChI is InChI=1S/C18H21F3N2O7/c1-11(24)17(25)30-16-12(18(19,20)21)6-7-13(15(16)23(26)27)22(2)8-10-29-14-5-3-4-9-28-14/h6-7,14H,3-5,8-10H2,1-2H3. The number of halogens is 3. The molecule has 12 heteroatoms. The van der Waals surface area contributed by atoms with Gasteiger partial charge in [0.05, 0.1) is 11.5 Å². The number of carbonyl (C=O) groups excluding carboxylic acids is 2. The number of hydrogen-bond donors (Lipinski definition) is 0. The van der Waals surface area contributed by atoms with Crippen LogP contribution in [0.2, 0.25) is 0 Å². The number of rotatable bonds is 8. The molecule has 1 fully saturated rings. The van der Waals surface area contributed by atoms with Crippen molar-refractivity contribution >= 4 is 23.1 Å². The van der Waals surface area contributed by atoms with E-state index in [-0.39, 0.29) is 18.8 Å². The molecule has 0 bridgehead atoms. The van der Waals surface area contributed by atoms with Gasteiger partial charge in [-0.3, -0.25) is 14.9 Å². The van der Waals surface area contributed by atoms with Crippen LogP contribution < -0.4 is 9.64 Å². The van der Waals surface area contributed by atoms with E-state index in [1.807, 2.05) is 0 Å². The van der Waals surface area contributed by atoms with Gasteiger partial charge in [0.15, 0.2) is 6.29 Å². The molecule has 1 heterocycles. The van der Waals surface area contributed by atoms with Gasteiger partial charge in [-0.1, -0.05) is 0 Å². The Kier molecular flexibility index (Phi) is 7.73. The number of ether oxygens (including phenoxy) is 3. The maximum absolute atomic E-state index is 13.3. The van der Waals surface area contributed by atoms with E-state index >= 15 is 0 Å². The summed E-state index contributed by atoms with van der Waals surface area (Å²) in [4.78, 5) is 34.5. The minimum Gasteiger partial charge on any atom is -0.413 e. The van der Waals surface area contributed by atoms with Crippen molar-refractivity contribution in [2.75, 3.05) is 31.7 Å². The number of nitro groups is 1. The predicted octanol–water partition coefficient (Wildman–Crippen LogP) is 3.09. The van der Waals surface area contributed by atoms with Gasteiger partial charge in [0.25, 0.3) is 0 Å². The third-order valence-electron chi connectivity index (χ3n) is 4.36. The van der Waals surface area contributed by atoms with Crippen LogP contribution in [0, 0.1) is 10.1 Å². The van der Waals surface area contributed by atoms with Crippen molar-refractivity contribution in [3.63, 3.8) is 0 Å². The lowest BCUT2D eigenvalue weighted by Gasteiger charge is -2.25. The van der Waals surface area contributed by atoms with Gasteiger partial charge in [-0.15, -0.1) is 0 Å². The molecule has 0 amide bonds. The summed E-state index contributed by atoms with van der Waals surface area (Å²) in [6.07, 6.45) is -2.87. The SMILES string of the molecule is CC(=O)C(=O)Oc1c(C(F)(F)F)ccc(N(C)CCOC2CCCCO2)c1[N+](=O)[O-]. The number of benzene rings is 1. The van der Waals surface area contributed by atoms with Crippen LogP contribution in [0.15, 0.2) is 12.1 Å². The van der Waals surface area contributed by atoms with Crippen molar-refractivity contribution < 1.29 is 41.9 Å². The van der Waals surface area contributed by atoms with Gasteiger partial charge in [-0.25, -0.2) is 4.79 Å². The molecule has 1 aliphatic rings. The summed E-state index contributed by atoms with van der Waals surface area (Å²) < 4.78 is 55.4. The van der Waals surface area contributed by atoms with Gasteiger partial charge in [0.2, 0.25) is 11.5 Å². The minimum atomic E-state index is -5.05. The molecular formula is C18H21F3N2O7. The average molecular weight is 434 g/mol. The summed E-state index contributed by atoms with van der Waals surface area (Å²) in [6.45, 7) is 1.53. The zero-order chi connectivity index (χ0) is 22.5. The lowest BCUT2D eigenvalue weighted by Crippen LogP contribution is -2.29. The molecule has 0 saturated carbocycles. The van der Waals surface area contributed by atoms with E-state index < -0.39 is 46.1 Å². The van der Waals surface area contributed by atoms with Crippen LogP contribution in [0.5, 0.6) is 5.75 Å². The number of likely N-dealkylation sites (N-methyl/N-ethyl adjacent to an activating group) is 1. The summed E-state index contributed by atoms with van der Waals surface area (Å²) >= 11 is 0. The summed E-state index contributed by atoms with van der Waals surface area (Å²) in [7, 11) is 1.41. The third kappa shape index (κ3) is 5.89. The number of alkyl halides is 3. The van der Waals surface area contributed by atoms with Crippen LogP contribution >= 0.6 is 0 Å². The van der Waals surface area contributed by atoms with Crippen molar-refractivity contribution in [1.29, 1.82) is 0 Å². The molecule has 1 unspecified atom stereocenters. The maximum Gasteiger partial charge on any atom is 0.420 e. The lowest BCUT2D eigenvalue weighted by atomic mass is 10.1. The second kappa shape index (κ2) is 9.85. The second-order valence-corrected chi connectivity index (χ2v) is 6.60. The Morgan fingerprint density at radius 3 is 2.57 bits per heavy atom. The first-order valence-corrected chi connectivity index (χ1v) is 9.08. The quantitative estimate of drug-likeness (QED) is 0.202. The van der Waals surface area contributed by atoms with E-state index in [1.54, 1.807) is 0 Å². The summed E-state index contributed by atoms with van der Waals surface area (Å²) in [5.41, 5.74) is -2.84. The van der Waals surface area contributed by atoms with E-state index in [9.17, 15) is 32.9 Å². The highest BCUT2D eigenvalue weighted by Crippen LogP contribution is 2.46. The van der Waals surface area contributed by atoms with Crippen LogP contribution in [0.25, 0.3) is 0 Å². The first-order chi connectivity index (χ1) is 14.0. The van der Waals surface area contributed by atoms with E-state index in [1.165, 1.54) is 11.9 Å². The summed E-state index contributed by atoms with van der Waals surface area (Å²) in [5, 5.41) is 11.6. The van der Waals surface area contributed by atoms with Crippen molar-refractivity contribution in [2.45, 2.75) is 38.7 Å². The van der Waals surface area contributed by atoms with Gasteiger partial charge in [0.1, 0.15) is 11.3 Å². The molecule has 0 N–H and O–H groups in total. The first kappa shape index (κ1) is 23.5. The number of nitro benzene ring substituents is 1. The largest absolute Gasteiger partial charge is 0.420 e. The second-order valence-electron chi connectivity index (χ2n) is 6.60. The Morgan fingerprint density at radius 1 is 1.33 bits per heavy atom. The highest BCUT2D eigenvalue weighted by atomic mass is 19.4. The van der Waals surface area contributed by atoms with Crippen molar-refractivity contribution in [3.8, 4) is 5.75 Å². The van der Waals surface area contributed by atoms with Gasteiger partial charge in [-0.05, 0) is 31.4 Å². The normalized spacial score (nSPS) is 16.8. The van der Waals surface area contributed by atoms with Crippen molar-refractivity contribution in [2.24, 2.45) is 0 Å². The molecule has 1 saturated heterocycles. The van der Waals surface area contributed by atoms with Crippen LogP contribution in [-0.4, -0.2) is 49.8 Å². The molecule has 1 aromatic carbocycles. The monoisotopic (exact) mass is 434 g/mol. The van der Waals surface area contributed by atoms with Crippen LogP contribution in [0.1, 0.15) is 31.7 Å². The van der Waals surface area contributed by atoms with E-state index in [2.05, 4.69) is 4.74 Å². The molecule has 2 rings (SSSR count). The topological polar surface area (TPSA) is 108 Å². The molecule has 0 spiro atoms. The molecule has 0 radical (unpaired) electrons. The molecule has 166 valence electrons. The molecule has 30 heavy (non-hydrogen) atoms. The van der Waals surface area contributed by atoms with Crippen molar-refractivity contribution in [1.82, 2.24) is 0 Å². The number of Topliss-reactive ketones (excluding diaryl/α,β-unsaturated/α-hetero) is 1. The molecule has 0 aromatic heterocycles. The Bertz CT molecular complexity index is 808. The van der Waals surface area contributed by atoms with Crippen LogP contribution in [0.4, 0.5) is 24.5 Å². The number of hydrogen-bond acceptors (Lipinski definition) is 8.